The van der Waals surface area contributed by atoms with Gasteiger partial charge in [0.05, 0.1) is 13.7 Å². The number of carbonyl (C=O) groups is 1. The number of nitrogens with one attached hydrogen (secondary N) is 1. The second kappa shape index (κ2) is 7.88. The maximum atomic E-state index is 12.3. The Morgan fingerprint density at radius 3 is 2.70 bits per heavy atom. The molecule has 0 saturated heterocycles. The van der Waals surface area contributed by atoms with Gasteiger partial charge in [0.2, 0.25) is 5.91 Å². The van der Waals surface area contributed by atoms with Gasteiger partial charge in [-0.05, 0) is 30.7 Å². The van der Waals surface area contributed by atoms with Crippen LogP contribution in [0, 0.1) is 6.92 Å². The van der Waals surface area contributed by atoms with Gasteiger partial charge >= 0.3 is 0 Å². The van der Waals surface area contributed by atoms with E-state index in [0.29, 0.717) is 11.6 Å². The van der Waals surface area contributed by atoms with E-state index in [4.69, 9.17) is 16.3 Å². The molecular formula is C18H21ClN2O2. The van der Waals surface area contributed by atoms with Crippen LogP contribution in [0.15, 0.2) is 42.5 Å². The molecule has 0 heterocycles. The largest absolute Gasteiger partial charge is 0.496 e. The van der Waals surface area contributed by atoms with Gasteiger partial charge in [-0.1, -0.05) is 35.9 Å². The summed E-state index contributed by atoms with van der Waals surface area (Å²) in [6, 6.07) is 13.3. The first kappa shape index (κ1) is 17.2. The van der Waals surface area contributed by atoms with Crippen LogP contribution < -0.4 is 10.1 Å². The summed E-state index contributed by atoms with van der Waals surface area (Å²) in [5.74, 6) is 0.779. The number of rotatable bonds is 6. The highest BCUT2D eigenvalue weighted by Gasteiger charge is 2.12. The lowest BCUT2D eigenvalue weighted by Crippen LogP contribution is -2.32. The molecule has 122 valence electrons. The molecule has 2 aromatic rings. The van der Waals surface area contributed by atoms with Crippen LogP contribution in [0.3, 0.4) is 0 Å². The molecule has 0 aliphatic carbocycles. The Kier molecular flexibility index (Phi) is 5.88. The number of carbonyl (C=O) groups excluding carboxylic acids is 1. The third kappa shape index (κ3) is 4.39. The number of anilines is 1. The monoisotopic (exact) mass is 332 g/mol. The zero-order valence-corrected chi connectivity index (χ0v) is 14.4. The number of ether oxygens (including phenoxy) is 1. The normalized spacial score (nSPS) is 10.3. The van der Waals surface area contributed by atoms with E-state index in [1.54, 1.807) is 19.1 Å². The highest BCUT2D eigenvalue weighted by atomic mass is 35.5. The maximum Gasteiger partial charge on any atom is 0.241 e. The van der Waals surface area contributed by atoms with Gasteiger partial charge in [0.1, 0.15) is 5.75 Å². The van der Waals surface area contributed by atoms with E-state index in [9.17, 15) is 4.79 Å². The van der Waals surface area contributed by atoms with Crippen molar-refractivity contribution in [2.45, 2.75) is 13.5 Å². The maximum absolute atomic E-state index is 12.3. The Morgan fingerprint density at radius 2 is 1.96 bits per heavy atom. The van der Waals surface area contributed by atoms with E-state index in [2.05, 4.69) is 5.32 Å². The molecule has 1 N–H and O–H groups in total. The molecule has 23 heavy (non-hydrogen) atoms. The molecule has 0 unspecified atom stereocenters. The molecule has 0 saturated carbocycles. The van der Waals surface area contributed by atoms with Gasteiger partial charge in [0.25, 0.3) is 0 Å². The second-order valence-corrected chi connectivity index (χ2v) is 5.73. The lowest BCUT2D eigenvalue weighted by Gasteiger charge is -2.20. The number of likely N-dealkylation sites (N-methyl/N-ethyl adjacent to an activating group) is 1. The smallest absolute Gasteiger partial charge is 0.241 e. The molecule has 0 aliphatic rings. The number of hydrogen-bond donors (Lipinski definition) is 1. The highest BCUT2D eigenvalue weighted by Crippen LogP contribution is 2.23. The van der Waals surface area contributed by atoms with Crippen molar-refractivity contribution in [2.75, 3.05) is 26.0 Å². The van der Waals surface area contributed by atoms with Crippen molar-refractivity contribution in [1.29, 1.82) is 0 Å². The zero-order chi connectivity index (χ0) is 16.8. The molecule has 0 spiro atoms. The van der Waals surface area contributed by atoms with Crippen molar-refractivity contribution < 1.29 is 9.53 Å². The zero-order valence-electron chi connectivity index (χ0n) is 13.6. The van der Waals surface area contributed by atoms with Gasteiger partial charge in [-0.3, -0.25) is 4.79 Å². The Morgan fingerprint density at radius 1 is 1.22 bits per heavy atom. The number of amides is 1. The number of hydrogen-bond acceptors (Lipinski definition) is 3. The number of nitrogens with zero attached hydrogens (tertiary/aromatic N) is 1. The standard InChI is InChI=1S/C18H21ClN2O2/c1-13-15(19)8-6-9-16(13)20-11-18(22)21(2)12-14-7-4-5-10-17(14)23-3/h4-10,20H,11-12H2,1-3H3. The molecule has 5 heteroatoms. The first-order valence-electron chi connectivity index (χ1n) is 7.37. The minimum Gasteiger partial charge on any atom is -0.496 e. The summed E-state index contributed by atoms with van der Waals surface area (Å²) in [5, 5.41) is 3.83. The van der Waals surface area contributed by atoms with E-state index >= 15 is 0 Å². The fourth-order valence-electron chi connectivity index (χ4n) is 2.28. The second-order valence-electron chi connectivity index (χ2n) is 5.33. The minimum atomic E-state index is -0.00437. The molecule has 4 nitrogen and oxygen atoms in total. The summed E-state index contributed by atoms with van der Waals surface area (Å²) in [6.07, 6.45) is 0. The third-order valence-electron chi connectivity index (χ3n) is 3.72. The summed E-state index contributed by atoms with van der Waals surface area (Å²) in [7, 11) is 3.41. The SMILES string of the molecule is COc1ccccc1CN(C)C(=O)CNc1cccc(Cl)c1C. The predicted octanol–water partition coefficient (Wildman–Crippen LogP) is 3.73. The topological polar surface area (TPSA) is 41.6 Å². The van der Waals surface area contributed by atoms with Gasteiger partial charge < -0.3 is 15.0 Å². The van der Waals surface area contributed by atoms with Crippen LogP contribution in [-0.4, -0.2) is 31.5 Å². The molecular weight excluding hydrogens is 312 g/mol. The lowest BCUT2D eigenvalue weighted by molar-refractivity contribution is -0.128. The van der Waals surface area contributed by atoms with E-state index in [0.717, 1.165) is 22.6 Å². The molecule has 2 rings (SSSR count). The summed E-state index contributed by atoms with van der Waals surface area (Å²) >= 11 is 6.08. The van der Waals surface area contributed by atoms with Crippen molar-refractivity contribution in [3.8, 4) is 5.75 Å². The van der Waals surface area contributed by atoms with Crippen molar-refractivity contribution in [1.82, 2.24) is 4.90 Å². The average molecular weight is 333 g/mol. The van der Waals surface area contributed by atoms with E-state index in [-0.39, 0.29) is 12.5 Å². The van der Waals surface area contributed by atoms with Crippen molar-refractivity contribution in [3.05, 3.63) is 58.6 Å². The quantitative estimate of drug-likeness (QED) is 0.876. The molecule has 0 aliphatic heterocycles. The fourth-order valence-corrected chi connectivity index (χ4v) is 2.46. The summed E-state index contributed by atoms with van der Waals surface area (Å²) in [6.45, 7) is 2.64. The Bertz CT molecular complexity index is 688. The fraction of sp³-hybridized carbons (Fsp3) is 0.278. The molecule has 0 bridgehead atoms. The summed E-state index contributed by atoms with van der Waals surface area (Å²) in [5.41, 5.74) is 2.79. The average Bonchev–Trinajstić information content (AvgIpc) is 2.56. The highest BCUT2D eigenvalue weighted by molar-refractivity contribution is 6.31. The van der Waals surface area contributed by atoms with Crippen molar-refractivity contribution in [2.24, 2.45) is 0 Å². The van der Waals surface area contributed by atoms with E-state index in [1.165, 1.54) is 0 Å². The molecule has 0 radical (unpaired) electrons. The van der Waals surface area contributed by atoms with Crippen molar-refractivity contribution >= 4 is 23.2 Å². The van der Waals surface area contributed by atoms with Crippen LogP contribution in [0.4, 0.5) is 5.69 Å². The Labute approximate surface area is 142 Å². The van der Waals surface area contributed by atoms with Gasteiger partial charge in [-0.2, -0.15) is 0 Å². The third-order valence-corrected chi connectivity index (χ3v) is 4.13. The lowest BCUT2D eigenvalue weighted by atomic mass is 10.2. The van der Waals surface area contributed by atoms with E-state index < -0.39 is 0 Å². The van der Waals surface area contributed by atoms with Crippen LogP contribution in [0.25, 0.3) is 0 Å². The Balaban J connectivity index is 1.96. The van der Waals surface area contributed by atoms with Crippen LogP contribution in [0.2, 0.25) is 5.02 Å². The van der Waals surface area contributed by atoms with Crippen molar-refractivity contribution in [3.63, 3.8) is 0 Å². The van der Waals surface area contributed by atoms with Crippen LogP contribution >= 0.6 is 11.6 Å². The predicted molar refractivity (Wildman–Crippen MR) is 94.1 cm³/mol. The molecule has 0 atom stereocenters. The van der Waals surface area contributed by atoms with Gasteiger partial charge in [0.15, 0.2) is 0 Å². The molecule has 1 amide bonds. The summed E-state index contributed by atoms with van der Waals surface area (Å²) < 4.78 is 5.32. The van der Waals surface area contributed by atoms with Gasteiger partial charge in [0, 0.05) is 29.9 Å². The number of benzene rings is 2. The first-order valence-corrected chi connectivity index (χ1v) is 7.75. The van der Waals surface area contributed by atoms with Gasteiger partial charge in [-0.15, -0.1) is 0 Å². The molecule has 0 aromatic heterocycles. The van der Waals surface area contributed by atoms with E-state index in [1.807, 2.05) is 49.4 Å². The van der Waals surface area contributed by atoms with Crippen LogP contribution in [0.1, 0.15) is 11.1 Å². The number of methoxy groups -OCH3 is 1. The number of para-hydroxylation sites is 1. The van der Waals surface area contributed by atoms with Crippen LogP contribution in [-0.2, 0) is 11.3 Å². The first-order chi connectivity index (χ1) is 11.0. The Hall–Kier alpha value is -2.20. The molecule has 2 aromatic carbocycles. The van der Waals surface area contributed by atoms with Gasteiger partial charge in [-0.25, -0.2) is 0 Å². The number of halogens is 1. The molecule has 0 fully saturated rings. The minimum absolute atomic E-state index is 0.00437. The van der Waals surface area contributed by atoms with Crippen LogP contribution in [0.5, 0.6) is 5.75 Å². The summed E-state index contributed by atoms with van der Waals surface area (Å²) in [4.78, 5) is 14.0.